The minimum Gasteiger partial charge on any atom is -0.497 e. The predicted octanol–water partition coefficient (Wildman–Crippen LogP) is 3.43. The van der Waals surface area contributed by atoms with Crippen LogP contribution in [-0.2, 0) is 6.42 Å². The molecule has 1 unspecified atom stereocenters. The highest BCUT2D eigenvalue weighted by atomic mass is 16.5. The Balaban J connectivity index is 1.97. The van der Waals surface area contributed by atoms with Crippen LogP contribution in [-0.4, -0.2) is 7.11 Å². The second kappa shape index (κ2) is 5.06. The third-order valence-electron chi connectivity index (χ3n) is 4.10. The number of nitrogens with two attached hydrogens (primary N) is 1. The molecule has 19 heavy (non-hydrogen) atoms. The Kier molecular flexibility index (Phi) is 3.26. The van der Waals surface area contributed by atoms with Crippen LogP contribution in [0.25, 0.3) is 0 Å². The quantitative estimate of drug-likeness (QED) is 0.890. The molecule has 0 fully saturated rings. The van der Waals surface area contributed by atoms with Crippen molar-refractivity contribution >= 4 is 0 Å². The summed E-state index contributed by atoms with van der Waals surface area (Å²) in [6, 6.07) is 16.9. The zero-order valence-electron chi connectivity index (χ0n) is 11.2. The molecule has 98 valence electrons. The van der Waals surface area contributed by atoms with E-state index in [9.17, 15) is 0 Å². The largest absolute Gasteiger partial charge is 0.497 e. The maximum atomic E-state index is 6.49. The van der Waals surface area contributed by atoms with Gasteiger partial charge >= 0.3 is 0 Å². The van der Waals surface area contributed by atoms with Crippen molar-refractivity contribution in [3.8, 4) is 5.75 Å². The molecule has 0 aromatic heterocycles. The number of methoxy groups -OCH3 is 1. The number of hydrogen-bond donors (Lipinski definition) is 1. The van der Waals surface area contributed by atoms with Crippen molar-refractivity contribution in [2.45, 2.75) is 24.8 Å². The predicted molar refractivity (Wildman–Crippen MR) is 77.4 cm³/mol. The van der Waals surface area contributed by atoms with Gasteiger partial charge in [-0.2, -0.15) is 0 Å². The zero-order valence-corrected chi connectivity index (χ0v) is 11.2. The molecule has 0 aliphatic heterocycles. The first-order valence-electron chi connectivity index (χ1n) is 6.77. The molecule has 0 bridgehead atoms. The highest BCUT2D eigenvalue weighted by Crippen LogP contribution is 2.40. The summed E-state index contributed by atoms with van der Waals surface area (Å²) in [5.74, 6) is 1.30. The van der Waals surface area contributed by atoms with E-state index in [2.05, 4.69) is 42.5 Å². The molecule has 2 nitrogen and oxygen atoms in total. The number of aryl methyl sites for hydroxylation is 1. The first kappa shape index (κ1) is 12.2. The van der Waals surface area contributed by atoms with Gasteiger partial charge in [0.05, 0.1) is 7.11 Å². The number of benzene rings is 2. The maximum absolute atomic E-state index is 6.49. The molecule has 2 atom stereocenters. The second-order valence-electron chi connectivity index (χ2n) is 5.15. The van der Waals surface area contributed by atoms with E-state index in [1.807, 2.05) is 6.07 Å². The summed E-state index contributed by atoms with van der Waals surface area (Å²) < 4.78 is 5.31. The fourth-order valence-electron chi connectivity index (χ4n) is 3.02. The third kappa shape index (κ3) is 2.24. The average Bonchev–Trinajstić information content (AvgIpc) is 2.48. The SMILES string of the molecule is COc1ccc2c(c1)C(N)[C@@H](c1ccccc1)CC2. The van der Waals surface area contributed by atoms with Gasteiger partial charge in [0.25, 0.3) is 0 Å². The van der Waals surface area contributed by atoms with E-state index < -0.39 is 0 Å². The van der Waals surface area contributed by atoms with Gasteiger partial charge in [0, 0.05) is 12.0 Å². The van der Waals surface area contributed by atoms with Gasteiger partial charge in [-0.3, -0.25) is 0 Å². The normalized spacial score (nSPS) is 21.8. The van der Waals surface area contributed by atoms with Crippen molar-refractivity contribution in [3.05, 3.63) is 65.2 Å². The fraction of sp³-hybridized carbons (Fsp3) is 0.294. The zero-order chi connectivity index (χ0) is 13.2. The summed E-state index contributed by atoms with van der Waals surface area (Å²) >= 11 is 0. The van der Waals surface area contributed by atoms with Crippen LogP contribution >= 0.6 is 0 Å². The van der Waals surface area contributed by atoms with E-state index in [0.717, 1.165) is 18.6 Å². The first-order chi connectivity index (χ1) is 9.29. The van der Waals surface area contributed by atoms with Gasteiger partial charge in [-0.1, -0.05) is 36.4 Å². The molecule has 2 N–H and O–H groups in total. The summed E-state index contributed by atoms with van der Waals surface area (Å²) in [5.41, 5.74) is 10.4. The topological polar surface area (TPSA) is 35.2 Å². The summed E-state index contributed by atoms with van der Waals surface area (Å²) in [4.78, 5) is 0. The minimum absolute atomic E-state index is 0.0567. The lowest BCUT2D eigenvalue weighted by Gasteiger charge is -2.31. The van der Waals surface area contributed by atoms with Crippen LogP contribution in [0.3, 0.4) is 0 Å². The van der Waals surface area contributed by atoms with E-state index >= 15 is 0 Å². The van der Waals surface area contributed by atoms with Crippen LogP contribution in [0.4, 0.5) is 0 Å². The van der Waals surface area contributed by atoms with Gasteiger partial charge in [-0.25, -0.2) is 0 Å². The summed E-state index contributed by atoms with van der Waals surface area (Å²) in [6.07, 6.45) is 2.21. The molecule has 1 aliphatic carbocycles. The van der Waals surface area contributed by atoms with Gasteiger partial charge in [-0.05, 0) is 41.7 Å². The highest BCUT2D eigenvalue weighted by molar-refractivity contribution is 5.42. The molecule has 0 heterocycles. The van der Waals surface area contributed by atoms with Crippen molar-refractivity contribution in [3.63, 3.8) is 0 Å². The van der Waals surface area contributed by atoms with Gasteiger partial charge < -0.3 is 10.5 Å². The number of rotatable bonds is 2. The number of ether oxygens (including phenoxy) is 1. The van der Waals surface area contributed by atoms with Crippen molar-refractivity contribution in [1.29, 1.82) is 0 Å². The Labute approximate surface area is 114 Å². The Morgan fingerprint density at radius 2 is 1.89 bits per heavy atom. The maximum Gasteiger partial charge on any atom is 0.119 e. The van der Waals surface area contributed by atoms with E-state index in [1.54, 1.807) is 7.11 Å². The van der Waals surface area contributed by atoms with Crippen molar-refractivity contribution in [1.82, 2.24) is 0 Å². The van der Waals surface area contributed by atoms with E-state index in [1.165, 1.54) is 16.7 Å². The molecule has 1 aliphatic rings. The third-order valence-corrected chi connectivity index (χ3v) is 4.10. The van der Waals surface area contributed by atoms with Gasteiger partial charge in [0.2, 0.25) is 0 Å². The minimum atomic E-state index is 0.0567. The summed E-state index contributed by atoms with van der Waals surface area (Å²) in [6.45, 7) is 0. The van der Waals surface area contributed by atoms with Crippen molar-refractivity contribution < 1.29 is 4.74 Å². The van der Waals surface area contributed by atoms with Crippen LogP contribution in [0.15, 0.2) is 48.5 Å². The standard InChI is InChI=1S/C17H19NO/c1-19-14-9-7-13-8-10-15(17(18)16(13)11-14)12-5-3-2-4-6-12/h2-7,9,11,15,17H,8,10,18H2,1H3/t15-,17?/m1/s1. The Morgan fingerprint density at radius 1 is 1.11 bits per heavy atom. The van der Waals surface area contributed by atoms with Crippen LogP contribution in [0.2, 0.25) is 0 Å². The second-order valence-corrected chi connectivity index (χ2v) is 5.15. The molecule has 0 radical (unpaired) electrons. The lowest BCUT2D eigenvalue weighted by Crippen LogP contribution is -2.25. The van der Waals surface area contributed by atoms with Crippen LogP contribution in [0.5, 0.6) is 5.75 Å². The Morgan fingerprint density at radius 3 is 2.63 bits per heavy atom. The van der Waals surface area contributed by atoms with E-state index in [0.29, 0.717) is 5.92 Å². The molecule has 0 saturated heterocycles. The molecule has 0 amide bonds. The molecule has 2 aromatic rings. The molecule has 0 spiro atoms. The smallest absolute Gasteiger partial charge is 0.119 e. The number of hydrogen-bond acceptors (Lipinski definition) is 2. The molecule has 2 aromatic carbocycles. The molecule has 3 rings (SSSR count). The van der Waals surface area contributed by atoms with Crippen molar-refractivity contribution in [2.75, 3.05) is 7.11 Å². The fourth-order valence-corrected chi connectivity index (χ4v) is 3.02. The monoisotopic (exact) mass is 253 g/mol. The van der Waals surface area contributed by atoms with Crippen molar-refractivity contribution in [2.24, 2.45) is 5.73 Å². The van der Waals surface area contributed by atoms with Gasteiger partial charge in [0.1, 0.15) is 5.75 Å². The summed E-state index contributed by atoms with van der Waals surface area (Å²) in [7, 11) is 1.70. The highest BCUT2D eigenvalue weighted by Gasteiger charge is 2.28. The van der Waals surface area contributed by atoms with E-state index in [4.69, 9.17) is 10.5 Å². The van der Waals surface area contributed by atoms with Gasteiger partial charge in [-0.15, -0.1) is 0 Å². The Bertz CT molecular complexity index is 565. The van der Waals surface area contributed by atoms with E-state index in [-0.39, 0.29) is 6.04 Å². The average molecular weight is 253 g/mol. The van der Waals surface area contributed by atoms with Gasteiger partial charge in [0.15, 0.2) is 0 Å². The molecule has 0 saturated carbocycles. The van der Waals surface area contributed by atoms with Crippen LogP contribution < -0.4 is 10.5 Å². The van der Waals surface area contributed by atoms with Crippen LogP contribution in [0, 0.1) is 0 Å². The Hall–Kier alpha value is -1.80. The summed E-state index contributed by atoms with van der Waals surface area (Å²) in [5, 5.41) is 0. The molecule has 2 heteroatoms. The van der Waals surface area contributed by atoms with Crippen LogP contribution in [0.1, 0.15) is 35.1 Å². The molecular weight excluding hydrogens is 234 g/mol. The number of fused-ring (bicyclic) bond motifs is 1. The first-order valence-corrected chi connectivity index (χ1v) is 6.77. The molecular formula is C17H19NO. The lowest BCUT2D eigenvalue weighted by atomic mass is 9.77. The lowest BCUT2D eigenvalue weighted by molar-refractivity contribution is 0.410.